The highest BCUT2D eigenvalue weighted by atomic mass is 28.4. The summed E-state index contributed by atoms with van der Waals surface area (Å²) in [6, 6.07) is 0. The van der Waals surface area contributed by atoms with Crippen LogP contribution >= 0.6 is 0 Å². The molecule has 1 fully saturated rings. The van der Waals surface area contributed by atoms with Crippen molar-refractivity contribution in [2.45, 2.75) is 149 Å². The van der Waals surface area contributed by atoms with Crippen LogP contribution in [-0.2, 0) is 8.85 Å². The van der Waals surface area contributed by atoms with E-state index >= 15 is 0 Å². The van der Waals surface area contributed by atoms with E-state index in [0.717, 1.165) is 13.0 Å². The molecular weight excluding hydrogens is 489 g/mol. The van der Waals surface area contributed by atoms with E-state index in [-0.39, 0.29) is 12.5 Å². The van der Waals surface area contributed by atoms with Crippen molar-refractivity contribution in [3.8, 4) is 0 Å². The topological polar surface area (TPSA) is 38.7 Å². The van der Waals surface area contributed by atoms with Gasteiger partial charge in [0.25, 0.3) is 0 Å². The monoisotopic (exact) mass is 552 g/mol. The summed E-state index contributed by atoms with van der Waals surface area (Å²) in [6.45, 7) is 34.5. The molecule has 218 valence electrons. The van der Waals surface area contributed by atoms with E-state index < -0.39 is 16.6 Å². The molecule has 0 aromatic heterocycles. The third-order valence-electron chi connectivity index (χ3n) is 11.0. The van der Waals surface area contributed by atoms with Crippen LogP contribution in [0.2, 0.25) is 33.2 Å². The van der Waals surface area contributed by atoms with E-state index in [2.05, 4.69) is 103 Å². The van der Waals surface area contributed by atoms with Gasteiger partial charge >= 0.3 is 0 Å². The molecule has 0 heterocycles. The predicted molar refractivity (Wildman–Crippen MR) is 166 cm³/mol. The van der Waals surface area contributed by atoms with Gasteiger partial charge in [-0.2, -0.15) is 0 Å². The average molecular weight is 553 g/mol. The Hall–Kier alpha value is 0.0538. The van der Waals surface area contributed by atoms with E-state index in [1.165, 1.54) is 12.0 Å². The van der Waals surface area contributed by atoms with Gasteiger partial charge in [-0.3, -0.25) is 0 Å². The molecule has 1 saturated carbocycles. The van der Waals surface area contributed by atoms with Crippen LogP contribution in [0.15, 0.2) is 11.6 Å². The number of aliphatic hydroxyl groups excluding tert-OH is 1. The van der Waals surface area contributed by atoms with Gasteiger partial charge in [0.1, 0.15) is 0 Å². The average Bonchev–Trinajstić information content (AvgIpc) is 2.77. The highest BCUT2D eigenvalue weighted by molar-refractivity contribution is 6.78. The summed E-state index contributed by atoms with van der Waals surface area (Å²) >= 11 is 0. The minimum atomic E-state index is -1.98. The van der Waals surface area contributed by atoms with Crippen molar-refractivity contribution in [3.05, 3.63) is 11.6 Å². The molecule has 2 aliphatic rings. The molecule has 0 aromatic rings. The molecule has 1 N–H and O–H groups in total. The number of hydrogen-bond acceptors (Lipinski definition) is 3. The fraction of sp³-hybridized carbons (Fsp3) is 0.938. The van der Waals surface area contributed by atoms with Crippen LogP contribution in [0.3, 0.4) is 0 Å². The van der Waals surface area contributed by atoms with Gasteiger partial charge in [-0.1, -0.05) is 102 Å². The summed E-state index contributed by atoms with van der Waals surface area (Å²) in [7, 11) is -3.96. The highest BCUT2D eigenvalue weighted by Gasteiger charge is 2.53. The highest BCUT2D eigenvalue weighted by Crippen LogP contribution is 2.53. The second-order valence-corrected chi connectivity index (χ2v) is 25.5. The quantitative estimate of drug-likeness (QED) is 0.193. The molecule has 6 atom stereocenters. The first-order valence-corrected chi connectivity index (χ1v) is 20.0. The second-order valence-electron chi connectivity index (χ2n) is 14.7. The lowest BCUT2D eigenvalue weighted by molar-refractivity contribution is -0.0320. The molecule has 0 spiro atoms. The van der Waals surface area contributed by atoms with Crippen LogP contribution in [0, 0.1) is 29.6 Å². The maximum Gasteiger partial charge on any atom is 0.200 e. The Morgan fingerprint density at radius 1 is 0.784 bits per heavy atom. The van der Waals surface area contributed by atoms with Crippen LogP contribution < -0.4 is 0 Å². The maximum atomic E-state index is 10.6. The lowest BCUT2D eigenvalue weighted by Gasteiger charge is -2.54. The number of rotatable bonds is 12. The minimum Gasteiger partial charge on any atom is -0.416 e. The van der Waals surface area contributed by atoms with Gasteiger partial charge in [0.15, 0.2) is 8.32 Å². The third kappa shape index (κ3) is 6.21. The van der Waals surface area contributed by atoms with Crippen molar-refractivity contribution in [1.82, 2.24) is 0 Å². The van der Waals surface area contributed by atoms with Crippen LogP contribution in [0.4, 0.5) is 0 Å². The van der Waals surface area contributed by atoms with Gasteiger partial charge < -0.3 is 14.0 Å². The van der Waals surface area contributed by atoms with Crippen LogP contribution in [0.5, 0.6) is 0 Å². The zero-order valence-corrected chi connectivity index (χ0v) is 29.1. The molecule has 2 rings (SSSR count). The van der Waals surface area contributed by atoms with E-state index in [9.17, 15) is 5.11 Å². The van der Waals surface area contributed by atoms with Crippen molar-refractivity contribution in [3.63, 3.8) is 0 Å². The molecule has 37 heavy (non-hydrogen) atoms. The maximum absolute atomic E-state index is 10.6. The molecule has 3 nitrogen and oxygen atoms in total. The molecule has 0 bridgehead atoms. The summed E-state index contributed by atoms with van der Waals surface area (Å²) < 4.78 is 14.8. The van der Waals surface area contributed by atoms with Gasteiger partial charge in [0, 0.05) is 25.0 Å². The van der Waals surface area contributed by atoms with Crippen LogP contribution in [0.25, 0.3) is 0 Å². The molecule has 0 aromatic carbocycles. The van der Waals surface area contributed by atoms with Crippen LogP contribution in [0.1, 0.15) is 110 Å². The van der Waals surface area contributed by atoms with Crippen molar-refractivity contribution in [2.75, 3.05) is 13.2 Å². The van der Waals surface area contributed by atoms with Crippen LogP contribution in [-0.4, -0.2) is 41.1 Å². The first-order valence-electron chi connectivity index (χ1n) is 15.7. The first kappa shape index (κ1) is 33.3. The Morgan fingerprint density at radius 3 is 1.65 bits per heavy atom. The zero-order chi connectivity index (χ0) is 28.5. The van der Waals surface area contributed by atoms with Crippen molar-refractivity contribution < 1.29 is 14.0 Å². The lowest BCUT2D eigenvalue weighted by Crippen LogP contribution is -2.56. The van der Waals surface area contributed by atoms with E-state index in [4.69, 9.17) is 8.85 Å². The largest absolute Gasteiger partial charge is 0.416 e. The van der Waals surface area contributed by atoms with Gasteiger partial charge in [0.2, 0.25) is 8.32 Å². The molecule has 0 saturated heterocycles. The summed E-state index contributed by atoms with van der Waals surface area (Å²) in [6.07, 6.45) is 5.19. The molecule has 0 radical (unpaired) electrons. The standard InChI is InChI=1S/C32H64O3Si2/c1-20(2)36(21(3)4,22(5)6)34-19-30-29(18-33)27(14)17-28-31(16-15-26(13)32(28)30)35-37(23(7)8,24(9)10)25(11)12/h17,20-26,28-33H,15-16,18-19H2,1-14H3/t26-,28-,29+,30+,31-,32+/m0/s1. The van der Waals surface area contributed by atoms with Crippen molar-refractivity contribution in [1.29, 1.82) is 0 Å². The van der Waals surface area contributed by atoms with E-state index in [1.54, 1.807) is 0 Å². The summed E-state index contributed by atoms with van der Waals surface area (Å²) in [5.74, 6) is 2.12. The Bertz CT molecular complexity index is 699. The number of aliphatic hydroxyl groups is 1. The summed E-state index contributed by atoms with van der Waals surface area (Å²) in [5.41, 5.74) is 4.87. The fourth-order valence-electron chi connectivity index (χ4n) is 9.45. The summed E-state index contributed by atoms with van der Waals surface area (Å²) in [5, 5.41) is 10.6. The fourth-order valence-corrected chi connectivity index (χ4v) is 20.6. The van der Waals surface area contributed by atoms with Crippen molar-refractivity contribution >= 4 is 16.6 Å². The Morgan fingerprint density at radius 2 is 1.24 bits per heavy atom. The van der Waals surface area contributed by atoms with Crippen molar-refractivity contribution in [2.24, 2.45) is 29.6 Å². The smallest absolute Gasteiger partial charge is 0.200 e. The van der Waals surface area contributed by atoms with E-state index in [0.29, 0.717) is 63.0 Å². The molecule has 5 heteroatoms. The first-order chi connectivity index (χ1) is 17.1. The Labute approximate surface area is 233 Å². The SMILES string of the molecule is CC1=C[C@@H]2[C@H]([C@H](CO[Si](C(C)C)(C(C)C)C(C)C)[C@@H]1CO)[C@@H](C)CC[C@@H]2O[Si](C(C)C)(C(C)C)C(C)C. The van der Waals surface area contributed by atoms with E-state index in [1.807, 2.05) is 0 Å². The zero-order valence-electron chi connectivity index (χ0n) is 27.1. The molecule has 0 unspecified atom stereocenters. The molecule has 2 aliphatic carbocycles. The molecule has 0 aliphatic heterocycles. The summed E-state index contributed by atoms with van der Waals surface area (Å²) in [4.78, 5) is 0. The normalized spacial score (nSPS) is 29.7. The van der Waals surface area contributed by atoms with Gasteiger partial charge in [-0.15, -0.1) is 0 Å². The predicted octanol–water partition coefficient (Wildman–Crippen LogP) is 9.59. The van der Waals surface area contributed by atoms with Gasteiger partial charge in [-0.25, -0.2) is 0 Å². The number of fused-ring (bicyclic) bond motifs is 1. The Kier molecular flexibility index (Phi) is 11.8. The molecular formula is C32H64O3Si2. The van der Waals surface area contributed by atoms with Gasteiger partial charge in [0.05, 0.1) is 6.10 Å². The van der Waals surface area contributed by atoms with Gasteiger partial charge in [-0.05, 0) is 70.8 Å². The third-order valence-corrected chi connectivity index (χ3v) is 23.2. The lowest BCUT2D eigenvalue weighted by atomic mass is 9.58. The number of hydrogen-bond donors (Lipinski definition) is 1. The Balaban J connectivity index is 2.50. The molecule has 0 amide bonds. The second kappa shape index (κ2) is 13.1. The minimum absolute atomic E-state index is 0.197.